The lowest BCUT2D eigenvalue weighted by molar-refractivity contribution is -0.125. The number of fused-ring (bicyclic) bond motifs is 2. The van der Waals surface area contributed by atoms with E-state index in [0.717, 1.165) is 38.7 Å². The zero-order valence-corrected chi connectivity index (χ0v) is 17.7. The van der Waals surface area contributed by atoms with E-state index in [1.165, 1.54) is 0 Å². The molecule has 1 N–H and O–H groups in total. The van der Waals surface area contributed by atoms with Crippen molar-refractivity contribution in [1.82, 2.24) is 14.5 Å². The monoisotopic (exact) mass is 428 g/mol. The van der Waals surface area contributed by atoms with E-state index in [1.54, 1.807) is 19.2 Å². The topological polar surface area (TPSA) is 114 Å². The number of ether oxygens (including phenoxy) is 1. The molecule has 160 valence electrons. The first-order chi connectivity index (χ1) is 15.4. The molecule has 3 heterocycles. The van der Waals surface area contributed by atoms with Crippen LogP contribution in [0.5, 0.6) is 5.75 Å². The van der Waals surface area contributed by atoms with E-state index >= 15 is 0 Å². The number of rotatable bonds is 4. The van der Waals surface area contributed by atoms with Crippen molar-refractivity contribution in [2.45, 2.75) is 11.8 Å². The van der Waals surface area contributed by atoms with E-state index in [-0.39, 0.29) is 11.8 Å². The number of methoxy groups -OCH3 is 1. The highest BCUT2D eigenvalue weighted by molar-refractivity contribution is 6.13. The second-order valence-corrected chi connectivity index (χ2v) is 7.97. The van der Waals surface area contributed by atoms with Crippen LogP contribution in [0.3, 0.4) is 0 Å². The number of hydrogen-bond acceptors (Lipinski definition) is 4. The molecule has 1 saturated heterocycles. The van der Waals surface area contributed by atoms with Crippen molar-refractivity contribution in [2.75, 3.05) is 7.11 Å². The highest BCUT2D eigenvalue weighted by Crippen LogP contribution is 2.44. The Morgan fingerprint density at radius 1 is 0.938 bits per heavy atom. The summed E-state index contributed by atoms with van der Waals surface area (Å²) in [6.07, 6.45) is 3.78. The Kier molecular flexibility index (Phi) is 4.42. The lowest BCUT2D eigenvalue weighted by Gasteiger charge is -2.15. The smallest absolute Gasteiger partial charge is 0.235 e. The minimum Gasteiger partial charge on any atom is -0.497 e. The van der Waals surface area contributed by atoms with Crippen LogP contribution < -0.4 is 10.1 Å². The Morgan fingerprint density at radius 2 is 1.50 bits per heavy atom. The number of aryl methyl sites for hydroxylation is 2. The Bertz CT molecular complexity index is 1470. The van der Waals surface area contributed by atoms with Crippen LogP contribution in [0.1, 0.15) is 23.0 Å². The van der Waals surface area contributed by atoms with E-state index in [9.17, 15) is 9.59 Å². The summed E-state index contributed by atoms with van der Waals surface area (Å²) in [5, 5.41) is 7.94. The van der Waals surface area contributed by atoms with Gasteiger partial charge in [-0.2, -0.15) is 0 Å². The maximum atomic E-state index is 13.0. The van der Waals surface area contributed by atoms with Gasteiger partial charge in [0.1, 0.15) is 5.75 Å². The third-order valence-corrected chi connectivity index (χ3v) is 6.21. The Hall–Kier alpha value is -4.23. The van der Waals surface area contributed by atoms with E-state index in [1.807, 2.05) is 59.9 Å². The highest BCUT2D eigenvalue weighted by atomic mass is 16.5. The van der Waals surface area contributed by atoms with Gasteiger partial charge in [0.15, 0.2) is 0 Å². The largest absolute Gasteiger partial charge is 0.497 e. The van der Waals surface area contributed by atoms with E-state index < -0.39 is 11.8 Å². The zero-order chi connectivity index (χ0) is 22.6. The van der Waals surface area contributed by atoms with Gasteiger partial charge in [0.2, 0.25) is 11.8 Å². The lowest BCUT2D eigenvalue weighted by Crippen LogP contribution is -2.21. The third kappa shape index (κ3) is 2.83. The highest BCUT2D eigenvalue weighted by Gasteiger charge is 2.45. The average Bonchev–Trinajstić information content (AvgIpc) is 3.38. The zero-order valence-electron chi connectivity index (χ0n) is 17.7. The molecule has 0 radical (unpaired) electrons. The Balaban J connectivity index is 1.70. The Morgan fingerprint density at radius 3 is 2.06 bits per heavy atom. The predicted octanol–water partition coefficient (Wildman–Crippen LogP) is 4.14. The first-order valence-corrected chi connectivity index (χ1v) is 10.0. The number of hydrogen-bond donors (Lipinski definition) is 1. The number of azide groups is 1. The van der Waals surface area contributed by atoms with Crippen LogP contribution in [0.25, 0.3) is 32.2 Å². The van der Waals surface area contributed by atoms with Gasteiger partial charge in [-0.05, 0) is 34.9 Å². The van der Waals surface area contributed by atoms with Gasteiger partial charge in [-0.1, -0.05) is 17.2 Å². The van der Waals surface area contributed by atoms with Crippen LogP contribution in [-0.4, -0.2) is 28.1 Å². The normalized spacial score (nSPS) is 18.2. The van der Waals surface area contributed by atoms with Crippen LogP contribution >= 0.6 is 0 Å². The molecule has 1 fully saturated rings. The van der Waals surface area contributed by atoms with Gasteiger partial charge < -0.3 is 13.9 Å². The van der Waals surface area contributed by atoms with Crippen LogP contribution in [0.15, 0.2) is 53.9 Å². The van der Waals surface area contributed by atoms with Gasteiger partial charge in [-0.3, -0.25) is 14.9 Å². The van der Waals surface area contributed by atoms with E-state index in [0.29, 0.717) is 5.69 Å². The fourth-order valence-electron chi connectivity index (χ4n) is 4.76. The summed E-state index contributed by atoms with van der Waals surface area (Å²) in [6, 6.07) is 11.0. The summed E-state index contributed by atoms with van der Waals surface area (Å²) in [4.78, 5) is 28.8. The predicted molar refractivity (Wildman–Crippen MR) is 120 cm³/mol. The van der Waals surface area contributed by atoms with E-state index in [2.05, 4.69) is 15.3 Å². The minimum absolute atomic E-state index is 0.314. The van der Waals surface area contributed by atoms with Gasteiger partial charge in [-0.25, -0.2) is 0 Å². The summed E-state index contributed by atoms with van der Waals surface area (Å²) < 4.78 is 9.16. The molecule has 0 aliphatic carbocycles. The molecule has 9 nitrogen and oxygen atoms in total. The number of imide groups is 1. The van der Waals surface area contributed by atoms with Crippen LogP contribution in [0.2, 0.25) is 0 Å². The third-order valence-electron chi connectivity index (χ3n) is 6.21. The minimum atomic E-state index is -0.677. The van der Waals surface area contributed by atoms with E-state index in [4.69, 9.17) is 10.3 Å². The number of nitrogens with one attached hydrogen (secondary N) is 1. The lowest BCUT2D eigenvalue weighted by atomic mass is 9.83. The maximum absolute atomic E-state index is 13.0. The second-order valence-electron chi connectivity index (χ2n) is 7.97. The summed E-state index contributed by atoms with van der Waals surface area (Å²) in [5.74, 6) is -1.26. The summed E-state index contributed by atoms with van der Waals surface area (Å²) >= 11 is 0. The second kappa shape index (κ2) is 7.18. The van der Waals surface area contributed by atoms with Crippen LogP contribution in [0.4, 0.5) is 5.69 Å². The molecule has 1 aliphatic rings. The molecule has 2 aromatic heterocycles. The summed E-state index contributed by atoms with van der Waals surface area (Å²) in [7, 11) is 5.38. The van der Waals surface area contributed by atoms with Gasteiger partial charge in [0, 0.05) is 59.4 Å². The molecule has 2 unspecified atom stereocenters. The fourth-order valence-corrected chi connectivity index (χ4v) is 4.76. The SMILES string of the molecule is COc1ccc2c(C3C(=O)NC(=O)C3c3cn(C)c4cc(N=[N+]=[N-])ccc34)cn(C)c2c1. The van der Waals surface area contributed by atoms with Crippen molar-refractivity contribution in [3.8, 4) is 5.75 Å². The molecule has 9 heteroatoms. The van der Waals surface area contributed by atoms with Crippen molar-refractivity contribution in [3.63, 3.8) is 0 Å². The Labute approximate surface area is 182 Å². The van der Waals surface area contributed by atoms with Gasteiger partial charge in [0.05, 0.1) is 24.5 Å². The molecule has 2 amide bonds. The molecular formula is C23H20N6O3. The number of benzene rings is 2. The fraction of sp³-hybridized carbons (Fsp3) is 0.217. The van der Waals surface area contributed by atoms with Crippen molar-refractivity contribution in [3.05, 3.63) is 70.4 Å². The number of amides is 2. The molecule has 0 saturated carbocycles. The molecule has 2 aromatic carbocycles. The maximum Gasteiger partial charge on any atom is 0.235 e. The van der Waals surface area contributed by atoms with Gasteiger partial charge >= 0.3 is 0 Å². The molecular weight excluding hydrogens is 408 g/mol. The number of aromatic nitrogens is 2. The van der Waals surface area contributed by atoms with Crippen LogP contribution in [-0.2, 0) is 23.7 Å². The quantitative estimate of drug-likeness (QED) is 0.228. The molecule has 5 rings (SSSR count). The summed E-state index contributed by atoms with van der Waals surface area (Å²) in [5.41, 5.74) is 12.5. The molecule has 0 spiro atoms. The van der Waals surface area contributed by atoms with Gasteiger partial charge in [-0.15, -0.1) is 0 Å². The average molecular weight is 428 g/mol. The molecule has 0 bridgehead atoms. The molecule has 4 aromatic rings. The van der Waals surface area contributed by atoms with Crippen LogP contribution in [0, 0.1) is 0 Å². The first-order valence-electron chi connectivity index (χ1n) is 10.0. The van der Waals surface area contributed by atoms with Crippen molar-refractivity contribution in [2.24, 2.45) is 19.2 Å². The van der Waals surface area contributed by atoms with Gasteiger partial charge in [0.25, 0.3) is 0 Å². The number of carbonyl (C=O) groups is 2. The number of nitrogens with zero attached hydrogens (tertiary/aromatic N) is 5. The van der Waals surface area contributed by atoms with Crippen molar-refractivity contribution < 1.29 is 14.3 Å². The molecule has 1 aliphatic heterocycles. The standard InChI is InChI=1S/C23H20N6O3/c1-28-10-16(14-6-4-12(26-27-24)8-18(14)28)20-21(23(31)25-22(20)30)17-11-29(2)19-9-13(32-3)5-7-15(17)19/h4-11,20-21H,1-3H3,(H,25,30,31). The summed E-state index contributed by atoms with van der Waals surface area (Å²) in [6.45, 7) is 0. The molecule has 32 heavy (non-hydrogen) atoms. The first kappa shape index (κ1) is 19.7. The molecule has 2 atom stereocenters. The number of carbonyl (C=O) groups excluding carboxylic acids is 2. The van der Waals surface area contributed by atoms with Crippen molar-refractivity contribution >= 4 is 39.3 Å². The van der Waals surface area contributed by atoms with Crippen molar-refractivity contribution in [1.29, 1.82) is 0 Å².